The van der Waals surface area contributed by atoms with Gasteiger partial charge in [0.25, 0.3) is 0 Å². The Morgan fingerprint density at radius 2 is 2.00 bits per heavy atom. The molecule has 5 nitrogen and oxygen atoms in total. The first-order valence-corrected chi connectivity index (χ1v) is 8.02. The van der Waals surface area contributed by atoms with E-state index < -0.39 is 0 Å². The topological polar surface area (TPSA) is 50.3 Å². The molecule has 1 aromatic rings. The van der Waals surface area contributed by atoms with Crippen LogP contribution in [0.15, 0.2) is 6.33 Å². The van der Waals surface area contributed by atoms with E-state index in [1.165, 1.54) is 5.56 Å². The van der Waals surface area contributed by atoms with Gasteiger partial charge >= 0.3 is 0 Å². The molecule has 1 N–H and O–H groups in total. The van der Waals surface area contributed by atoms with Crippen LogP contribution in [0, 0.1) is 0 Å². The summed E-state index contributed by atoms with van der Waals surface area (Å²) in [5, 5.41) is 3.43. The predicted molar refractivity (Wildman–Crippen MR) is 89.2 cm³/mol. The van der Waals surface area contributed by atoms with Gasteiger partial charge in [-0.25, -0.2) is 9.97 Å². The van der Waals surface area contributed by atoms with Crippen molar-refractivity contribution in [2.24, 2.45) is 0 Å². The molecule has 0 saturated carbocycles. The Bertz CT molecular complexity index is 411. The van der Waals surface area contributed by atoms with Crippen molar-refractivity contribution in [3.8, 4) is 0 Å². The van der Waals surface area contributed by atoms with Crippen LogP contribution in [-0.4, -0.2) is 42.8 Å². The molecule has 1 heterocycles. The van der Waals surface area contributed by atoms with Gasteiger partial charge in [0.05, 0.1) is 12.6 Å². The number of hydrogen-bond acceptors (Lipinski definition) is 5. The molecule has 0 fully saturated rings. The molecule has 0 aromatic carbocycles. The molecule has 120 valence electrons. The van der Waals surface area contributed by atoms with Crippen molar-refractivity contribution in [1.82, 2.24) is 9.97 Å². The fourth-order valence-electron chi connectivity index (χ4n) is 2.53. The number of nitrogens with zero attached hydrogens (tertiary/aromatic N) is 3. The number of rotatable bonds is 10. The summed E-state index contributed by atoms with van der Waals surface area (Å²) in [4.78, 5) is 11.3. The highest BCUT2D eigenvalue weighted by molar-refractivity contribution is 5.59. The fraction of sp³-hybridized carbons (Fsp3) is 0.750. The summed E-state index contributed by atoms with van der Waals surface area (Å²) < 4.78 is 5.30. The summed E-state index contributed by atoms with van der Waals surface area (Å²) in [6, 6.07) is 0.296. The second-order valence-electron chi connectivity index (χ2n) is 5.29. The van der Waals surface area contributed by atoms with Crippen LogP contribution in [0.1, 0.15) is 46.1 Å². The van der Waals surface area contributed by atoms with E-state index in [2.05, 4.69) is 47.9 Å². The van der Waals surface area contributed by atoms with Crippen molar-refractivity contribution in [1.29, 1.82) is 0 Å². The first kappa shape index (κ1) is 17.7. The maximum atomic E-state index is 5.30. The van der Waals surface area contributed by atoms with Gasteiger partial charge in [-0.2, -0.15) is 0 Å². The van der Waals surface area contributed by atoms with Crippen LogP contribution in [0.5, 0.6) is 0 Å². The average Bonchev–Trinajstić information content (AvgIpc) is 2.48. The first-order valence-electron chi connectivity index (χ1n) is 8.02. The van der Waals surface area contributed by atoms with Crippen LogP contribution >= 0.6 is 0 Å². The van der Waals surface area contributed by atoms with Gasteiger partial charge in [-0.1, -0.05) is 20.3 Å². The molecule has 0 bridgehead atoms. The lowest BCUT2D eigenvalue weighted by Crippen LogP contribution is -2.37. The van der Waals surface area contributed by atoms with Crippen LogP contribution < -0.4 is 10.2 Å². The van der Waals surface area contributed by atoms with Gasteiger partial charge in [0, 0.05) is 25.8 Å². The van der Waals surface area contributed by atoms with Crippen LogP contribution in [0.4, 0.5) is 11.6 Å². The molecule has 0 saturated heterocycles. The zero-order chi connectivity index (χ0) is 15.7. The number of nitrogens with one attached hydrogen (secondary N) is 1. The molecule has 1 rings (SSSR count). The van der Waals surface area contributed by atoms with Gasteiger partial charge in [-0.15, -0.1) is 0 Å². The maximum Gasteiger partial charge on any atom is 0.137 e. The molecule has 0 spiro atoms. The molecule has 1 atom stereocenters. The smallest absolute Gasteiger partial charge is 0.137 e. The Balaban J connectivity index is 3.12. The molecular formula is C16H30N4O. The number of aromatic nitrogens is 2. The Hall–Kier alpha value is -1.36. The van der Waals surface area contributed by atoms with Crippen LogP contribution in [0.2, 0.25) is 0 Å². The molecule has 5 heteroatoms. The zero-order valence-electron chi connectivity index (χ0n) is 14.1. The van der Waals surface area contributed by atoms with E-state index in [1.807, 2.05) is 0 Å². The molecule has 21 heavy (non-hydrogen) atoms. The number of likely N-dealkylation sites (N-methyl/N-ethyl adjacent to an activating group) is 1. The average molecular weight is 294 g/mol. The minimum atomic E-state index is 0.296. The van der Waals surface area contributed by atoms with Gasteiger partial charge < -0.3 is 15.0 Å². The summed E-state index contributed by atoms with van der Waals surface area (Å²) in [7, 11) is 1.74. The first-order chi connectivity index (χ1) is 10.2. The van der Waals surface area contributed by atoms with Gasteiger partial charge in [-0.3, -0.25) is 0 Å². The normalized spacial score (nSPS) is 12.2. The third-order valence-corrected chi connectivity index (χ3v) is 3.52. The number of hydrogen-bond donors (Lipinski definition) is 1. The third kappa shape index (κ3) is 4.84. The van der Waals surface area contributed by atoms with Gasteiger partial charge in [-0.05, 0) is 26.7 Å². The van der Waals surface area contributed by atoms with Crippen molar-refractivity contribution in [3.05, 3.63) is 11.9 Å². The van der Waals surface area contributed by atoms with E-state index in [4.69, 9.17) is 4.74 Å². The Kier molecular flexibility index (Phi) is 8.05. The molecule has 0 radical (unpaired) electrons. The van der Waals surface area contributed by atoms with E-state index in [9.17, 15) is 0 Å². The highest BCUT2D eigenvalue weighted by Crippen LogP contribution is 2.26. The zero-order valence-corrected chi connectivity index (χ0v) is 14.1. The summed E-state index contributed by atoms with van der Waals surface area (Å²) in [5.74, 6) is 2.02. The second kappa shape index (κ2) is 9.55. The number of methoxy groups -OCH3 is 1. The monoisotopic (exact) mass is 294 g/mol. The molecule has 0 aliphatic carbocycles. The SMILES string of the molecule is CCCNc1ncnc(N(CC)C(C)COC)c1CCC. The van der Waals surface area contributed by atoms with Gasteiger partial charge in [0.1, 0.15) is 18.0 Å². The van der Waals surface area contributed by atoms with E-state index in [0.29, 0.717) is 12.6 Å². The molecule has 0 amide bonds. The van der Waals surface area contributed by atoms with Crippen LogP contribution in [-0.2, 0) is 11.2 Å². The lowest BCUT2D eigenvalue weighted by molar-refractivity contribution is 0.181. The van der Waals surface area contributed by atoms with Crippen molar-refractivity contribution in [3.63, 3.8) is 0 Å². The van der Waals surface area contributed by atoms with Crippen LogP contribution in [0.25, 0.3) is 0 Å². The van der Waals surface area contributed by atoms with E-state index in [0.717, 1.165) is 44.0 Å². The van der Waals surface area contributed by atoms with Crippen LogP contribution in [0.3, 0.4) is 0 Å². The molecular weight excluding hydrogens is 264 g/mol. The van der Waals surface area contributed by atoms with Gasteiger partial charge in [0.15, 0.2) is 0 Å². The molecule has 0 aliphatic heterocycles. The van der Waals surface area contributed by atoms with E-state index >= 15 is 0 Å². The lowest BCUT2D eigenvalue weighted by Gasteiger charge is -2.30. The summed E-state index contributed by atoms with van der Waals surface area (Å²) in [5.41, 5.74) is 1.22. The summed E-state index contributed by atoms with van der Waals surface area (Å²) >= 11 is 0. The minimum Gasteiger partial charge on any atom is -0.383 e. The fourth-order valence-corrected chi connectivity index (χ4v) is 2.53. The van der Waals surface area contributed by atoms with E-state index in [-0.39, 0.29) is 0 Å². The lowest BCUT2D eigenvalue weighted by atomic mass is 10.1. The minimum absolute atomic E-state index is 0.296. The Morgan fingerprint density at radius 1 is 1.24 bits per heavy atom. The Labute approximate surface area is 129 Å². The standard InChI is InChI=1S/C16H30N4O/c1-6-9-14-15(17-10-7-2)18-12-19-16(14)20(8-3)13(4)11-21-5/h12-13H,6-11H2,1-5H3,(H,17,18,19). The predicted octanol–water partition coefficient (Wildman–Crippen LogP) is 3.11. The summed E-state index contributed by atoms with van der Waals surface area (Å²) in [6.45, 7) is 11.2. The molecule has 0 aliphatic rings. The summed E-state index contributed by atoms with van der Waals surface area (Å²) in [6.07, 6.45) is 4.81. The number of anilines is 2. The third-order valence-electron chi connectivity index (χ3n) is 3.52. The quantitative estimate of drug-likeness (QED) is 0.718. The van der Waals surface area contributed by atoms with Gasteiger partial charge in [0.2, 0.25) is 0 Å². The molecule has 1 aromatic heterocycles. The maximum absolute atomic E-state index is 5.30. The number of ether oxygens (including phenoxy) is 1. The highest BCUT2D eigenvalue weighted by atomic mass is 16.5. The van der Waals surface area contributed by atoms with Crippen molar-refractivity contribution in [2.75, 3.05) is 37.0 Å². The van der Waals surface area contributed by atoms with Crippen molar-refractivity contribution < 1.29 is 4.74 Å². The Morgan fingerprint density at radius 3 is 2.57 bits per heavy atom. The van der Waals surface area contributed by atoms with Crippen molar-refractivity contribution >= 4 is 11.6 Å². The highest BCUT2D eigenvalue weighted by Gasteiger charge is 2.19. The second-order valence-corrected chi connectivity index (χ2v) is 5.29. The molecule has 1 unspecified atom stereocenters. The van der Waals surface area contributed by atoms with E-state index in [1.54, 1.807) is 13.4 Å². The van der Waals surface area contributed by atoms with Crippen molar-refractivity contribution in [2.45, 2.75) is 53.0 Å². The largest absolute Gasteiger partial charge is 0.383 e.